The lowest BCUT2D eigenvalue weighted by atomic mass is 9.92. The van der Waals surface area contributed by atoms with Gasteiger partial charge in [0.2, 0.25) is 0 Å². The van der Waals surface area contributed by atoms with Crippen molar-refractivity contribution in [1.82, 2.24) is 5.32 Å². The monoisotopic (exact) mass is 361 g/mol. The summed E-state index contributed by atoms with van der Waals surface area (Å²) in [6.07, 6.45) is 1.63. The highest BCUT2D eigenvalue weighted by atomic mass is 127. The summed E-state index contributed by atoms with van der Waals surface area (Å²) in [5.74, 6) is -0.00789. The SMILES string of the molecule is CC1(NC(=O)c2ccc(I)c(O)c2)CCOCC1. The summed E-state index contributed by atoms with van der Waals surface area (Å²) in [6, 6.07) is 4.95. The maximum Gasteiger partial charge on any atom is 0.251 e. The van der Waals surface area contributed by atoms with E-state index in [1.165, 1.54) is 6.07 Å². The number of carbonyl (C=O) groups excluding carboxylic acids is 1. The molecule has 0 aliphatic carbocycles. The predicted octanol–water partition coefficient (Wildman–Crippen LogP) is 2.30. The topological polar surface area (TPSA) is 58.6 Å². The second-order valence-corrected chi connectivity index (χ2v) is 5.96. The molecule has 1 aromatic carbocycles. The van der Waals surface area contributed by atoms with E-state index in [2.05, 4.69) is 5.32 Å². The van der Waals surface area contributed by atoms with Crippen LogP contribution in [0.4, 0.5) is 0 Å². The van der Waals surface area contributed by atoms with Gasteiger partial charge in [-0.2, -0.15) is 0 Å². The number of phenolic OH excluding ortho intramolecular Hbond substituents is 1. The second-order valence-electron chi connectivity index (χ2n) is 4.79. The number of amides is 1. The van der Waals surface area contributed by atoms with Gasteiger partial charge in [0, 0.05) is 24.3 Å². The zero-order valence-electron chi connectivity index (χ0n) is 10.2. The third-order valence-electron chi connectivity index (χ3n) is 3.22. The lowest BCUT2D eigenvalue weighted by Crippen LogP contribution is -2.49. The third-order valence-corrected chi connectivity index (χ3v) is 4.13. The predicted molar refractivity (Wildman–Crippen MR) is 76.7 cm³/mol. The van der Waals surface area contributed by atoms with Crippen LogP contribution in [0.2, 0.25) is 0 Å². The quantitative estimate of drug-likeness (QED) is 0.795. The van der Waals surface area contributed by atoms with Crippen LogP contribution in [0.25, 0.3) is 0 Å². The molecule has 98 valence electrons. The van der Waals surface area contributed by atoms with E-state index in [4.69, 9.17) is 4.74 Å². The highest BCUT2D eigenvalue weighted by molar-refractivity contribution is 14.1. The first-order valence-corrected chi connectivity index (χ1v) is 6.97. The summed E-state index contributed by atoms with van der Waals surface area (Å²) in [4.78, 5) is 12.1. The van der Waals surface area contributed by atoms with E-state index in [1.54, 1.807) is 12.1 Å². The van der Waals surface area contributed by atoms with Gasteiger partial charge < -0.3 is 15.2 Å². The fourth-order valence-electron chi connectivity index (χ4n) is 1.95. The van der Waals surface area contributed by atoms with Gasteiger partial charge in [0.1, 0.15) is 5.75 Å². The fourth-order valence-corrected chi connectivity index (χ4v) is 2.28. The number of halogens is 1. The largest absolute Gasteiger partial charge is 0.507 e. The van der Waals surface area contributed by atoms with E-state index in [1.807, 2.05) is 29.5 Å². The molecule has 1 aliphatic heterocycles. The van der Waals surface area contributed by atoms with Crippen LogP contribution in [0.3, 0.4) is 0 Å². The van der Waals surface area contributed by atoms with E-state index in [-0.39, 0.29) is 17.2 Å². The summed E-state index contributed by atoms with van der Waals surface area (Å²) >= 11 is 2.02. The van der Waals surface area contributed by atoms with Crippen molar-refractivity contribution in [2.45, 2.75) is 25.3 Å². The Bertz CT molecular complexity index is 456. The van der Waals surface area contributed by atoms with Gasteiger partial charge in [0.05, 0.1) is 3.57 Å². The van der Waals surface area contributed by atoms with Gasteiger partial charge in [-0.15, -0.1) is 0 Å². The molecule has 0 radical (unpaired) electrons. The van der Waals surface area contributed by atoms with Crippen molar-refractivity contribution in [3.63, 3.8) is 0 Å². The molecule has 1 aromatic rings. The van der Waals surface area contributed by atoms with Gasteiger partial charge in [0.15, 0.2) is 0 Å². The molecule has 0 spiro atoms. The summed E-state index contributed by atoms with van der Waals surface area (Å²) in [5, 5.41) is 12.6. The number of phenols is 1. The van der Waals surface area contributed by atoms with Crippen molar-refractivity contribution in [1.29, 1.82) is 0 Å². The molecule has 5 heteroatoms. The van der Waals surface area contributed by atoms with Crippen LogP contribution in [-0.2, 0) is 4.74 Å². The molecule has 0 saturated carbocycles. The van der Waals surface area contributed by atoms with Crippen molar-refractivity contribution in [3.05, 3.63) is 27.3 Å². The van der Waals surface area contributed by atoms with Gasteiger partial charge in [-0.1, -0.05) is 0 Å². The van der Waals surface area contributed by atoms with E-state index in [9.17, 15) is 9.90 Å². The molecule has 2 rings (SSSR count). The molecular formula is C13H16INO3. The van der Waals surface area contributed by atoms with E-state index in [0.717, 1.165) is 16.4 Å². The lowest BCUT2D eigenvalue weighted by molar-refractivity contribution is 0.0422. The summed E-state index contributed by atoms with van der Waals surface area (Å²) in [6.45, 7) is 3.38. The molecule has 0 aromatic heterocycles. The first-order valence-electron chi connectivity index (χ1n) is 5.89. The summed E-state index contributed by atoms with van der Waals surface area (Å²) < 4.78 is 6.03. The number of benzene rings is 1. The Morgan fingerprint density at radius 1 is 1.44 bits per heavy atom. The molecular weight excluding hydrogens is 345 g/mol. The van der Waals surface area contributed by atoms with Gasteiger partial charge in [-0.3, -0.25) is 4.79 Å². The molecule has 1 aliphatic rings. The Hall–Kier alpha value is -0.820. The molecule has 4 nitrogen and oxygen atoms in total. The number of ether oxygens (including phenoxy) is 1. The van der Waals surface area contributed by atoms with Crippen LogP contribution in [0.15, 0.2) is 18.2 Å². The summed E-state index contributed by atoms with van der Waals surface area (Å²) in [5.41, 5.74) is 0.272. The van der Waals surface area contributed by atoms with Gasteiger partial charge in [0.25, 0.3) is 5.91 Å². The molecule has 1 fully saturated rings. The van der Waals surface area contributed by atoms with Crippen LogP contribution >= 0.6 is 22.6 Å². The van der Waals surface area contributed by atoms with Gasteiger partial charge in [-0.05, 0) is 60.6 Å². The van der Waals surface area contributed by atoms with Crippen molar-refractivity contribution >= 4 is 28.5 Å². The zero-order valence-corrected chi connectivity index (χ0v) is 12.4. The third kappa shape index (κ3) is 3.14. The number of nitrogens with one attached hydrogen (secondary N) is 1. The second kappa shape index (κ2) is 5.44. The Morgan fingerprint density at radius 2 is 2.11 bits per heavy atom. The van der Waals surface area contributed by atoms with Crippen molar-refractivity contribution < 1.29 is 14.6 Å². The van der Waals surface area contributed by atoms with Crippen LogP contribution in [0.1, 0.15) is 30.1 Å². The van der Waals surface area contributed by atoms with Crippen LogP contribution in [0.5, 0.6) is 5.75 Å². The standard InChI is InChI=1S/C13H16INO3/c1-13(4-6-18-7-5-13)15-12(17)9-2-3-10(14)11(16)8-9/h2-3,8,16H,4-7H2,1H3,(H,15,17). The average molecular weight is 361 g/mol. The Morgan fingerprint density at radius 3 is 2.72 bits per heavy atom. The molecule has 1 amide bonds. The Labute approximate surface area is 120 Å². The number of hydrogen-bond donors (Lipinski definition) is 2. The average Bonchev–Trinajstić information content (AvgIpc) is 2.33. The highest BCUT2D eigenvalue weighted by Crippen LogP contribution is 2.23. The Kier molecular flexibility index (Phi) is 4.11. The van der Waals surface area contributed by atoms with Crippen molar-refractivity contribution in [3.8, 4) is 5.75 Å². The minimum atomic E-state index is -0.214. The minimum absolute atomic E-state index is 0.139. The number of hydrogen-bond acceptors (Lipinski definition) is 3. The van der Waals surface area contributed by atoms with Crippen LogP contribution in [-0.4, -0.2) is 29.8 Å². The highest BCUT2D eigenvalue weighted by Gasteiger charge is 2.29. The van der Waals surface area contributed by atoms with Crippen LogP contribution in [0, 0.1) is 3.57 Å². The van der Waals surface area contributed by atoms with Gasteiger partial charge >= 0.3 is 0 Å². The zero-order chi connectivity index (χ0) is 13.2. The van der Waals surface area contributed by atoms with E-state index < -0.39 is 0 Å². The Balaban J connectivity index is 2.09. The van der Waals surface area contributed by atoms with Crippen LogP contribution < -0.4 is 5.32 Å². The molecule has 1 heterocycles. The normalized spacial score (nSPS) is 18.3. The fraction of sp³-hybridized carbons (Fsp3) is 0.462. The van der Waals surface area contributed by atoms with E-state index >= 15 is 0 Å². The maximum absolute atomic E-state index is 12.1. The molecule has 2 N–H and O–H groups in total. The molecule has 0 bridgehead atoms. The number of aromatic hydroxyl groups is 1. The minimum Gasteiger partial charge on any atom is -0.507 e. The molecule has 0 unspecified atom stereocenters. The number of rotatable bonds is 2. The van der Waals surface area contributed by atoms with Crippen molar-refractivity contribution in [2.24, 2.45) is 0 Å². The van der Waals surface area contributed by atoms with E-state index in [0.29, 0.717) is 18.8 Å². The molecule has 0 atom stereocenters. The maximum atomic E-state index is 12.1. The van der Waals surface area contributed by atoms with Crippen molar-refractivity contribution in [2.75, 3.05) is 13.2 Å². The first-order chi connectivity index (χ1) is 8.50. The number of carbonyl (C=O) groups is 1. The molecule has 1 saturated heterocycles. The lowest BCUT2D eigenvalue weighted by Gasteiger charge is -2.34. The smallest absolute Gasteiger partial charge is 0.251 e. The molecule has 18 heavy (non-hydrogen) atoms. The van der Waals surface area contributed by atoms with Gasteiger partial charge in [-0.25, -0.2) is 0 Å². The first kappa shape index (κ1) is 13.6. The summed E-state index contributed by atoms with van der Waals surface area (Å²) in [7, 11) is 0.